The second kappa shape index (κ2) is 6.16. The van der Waals surface area contributed by atoms with Crippen LogP contribution in [0.25, 0.3) is 0 Å². The summed E-state index contributed by atoms with van der Waals surface area (Å²) in [6, 6.07) is 0.805. The Kier molecular flexibility index (Phi) is 4.48. The fourth-order valence-corrected chi connectivity index (χ4v) is 3.70. The van der Waals surface area contributed by atoms with E-state index in [0.29, 0.717) is 0 Å². The van der Waals surface area contributed by atoms with Crippen molar-refractivity contribution in [3.05, 3.63) is 15.9 Å². The Morgan fingerprint density at radius 3 is 2.75 bits per heavy atom. The van der Waals surface area contributed by atoms with Crippen LogP contribution in [0.3, 0.4) is 0 Å². The summed E-state index contributed by atoms with van der Waals surface area (Å²) in [5, 5.41) is 8.06. The lowest BCUT2D eigenvalue weighted by atomic mass is 9.99. The number of hydrogen-bond acceptors (Lipinski definition) is 3. The first-order chi connectivity index (χ1) is 9.65. The maximum Gasteiger partial charge on any atom is 0.0739 e. The Bertz CT molecular complexity index is 461. The molecule has 2 aliphatic rings. The molecule has 1 saturated carbocycles. The summed E-state index contributed by atoms with van der Waals surface area (Å²) in [4.78, 5) is 2.68. The van der Waals surface area contributed by atoms with E-state index < -0.39 is 0 Å². The summed E-state index contributed by atoms with van der Waals surface area (Å²) in [5.41, 5.74) is 2.41. The van der Waals surface area contributed by atoms with Crippen LogP contribution >= 0.6 is 15.9 Å². The van der Waals surface area contributed by atoms with Crippen molar-refractivity contribution in [1.29, 1.82) is 0 Å². The zero-order chi connectivity index (χ0) is 14.1. The fraction of sp³-hybridized carbons (Fsp3) is 0.800. The number of hydrogen-bond donors (Lipinski definition) is 1. The van der Waals surface area contributed by atoms with Gasteiger partial charge in [-0.05, 0) is 67.5 Å². The third kappa shape index (κ3) is 3.26. The minimum absolute atomic E-state index is 0.805. The van der Waals surface area contributed by atoms with E-state index in [4.69, 9.17) is 0 Å². The molecule has 0 radical (unpaired) electrons. The first-order valence-electron chi connectivity index (χ1n) is 7.78. The molecule has 1 N–H and O–H groups in total. The molecule has 2 heterocycles. The molecule has 0 bridgehead atoms. The molecule has 0 amide bonds. The molecule has 112 valence electrons. The van der Waals surface area contributed by atoms with Crippen molar-refractivity contribution in [2.45, 2.75) is 45.2 Å². The van der Waals surface area contributed by atoms with Crippen molar-refractivity contribution in [3.8, 4) is 0 Å². The monoisotopic (exact) mass is 340 g/mol. The lowest BCUT2D eigenvalue weighted by Gasteiger charge is -2.30. The molecule has 1 atom stereocenters. The van der Waals surface area contributed by atoms with Gasteiger partial charge in [-0.15, -0.1) is 0 Å². The molecule has 1 aliphatic carbocycles. The summed E-state index contributed by atoms with van der Waals surface area (Å²) >= 11 is 3.70. The van der Waals surface area contributed by atoms with E-state index in [9.17, 15) is 0 Å². The maximum absolute atomic E-state index is 4.52. The number of piperidine rings is 1. The highest BCUT2D eigenvalue weighted by molar-refractivity contribution is 9.10. The van der Waals surface area contributed by atoms with Crippen molar-refractivity contribution >= 4 is 15.9 Å². The predicted molar refractivity (Wildman–Crippen MR) is 84.7 cm³/mol. The topological polar surface area (TPSA) is 33.1 Å². The van der Waals surface area contributed by atoms with E-state index in [2.05, 4.69) is 45.2 Å². The molecule has 1 aromatic rings. The predicted octanol–water partition coefficient (Wildman–Crippen LogP) is 2.46. The van der Waals surface area contributed by atoms with E-state index >= 15 is 0 Å². The number of aryl methyl sites for hydroxylation is 2. The summed E-state index contributed by atoms with van der Waals surface area (Å²) < 4.78 is 3.22. The number of halogens is 1. The average molecular weight is 341 g/mol. The van der Waals surface area contributed by atoms with Gasteiger partial charge in [-0.25, -0.2) is 0 Å². The highest BCUT2D eigenvalue weighted by Gasteiger charge is 2.32. The van der Waals surface area contributed by atoms with Gasteiger partial charge in [-0.3, -0.25) is 9.58 Å². The highest BCUT2D eigenvalue weighted by Crippen LogP contribution is 2.31. The van der Waals surface area contributed by atoms with Gasteiger partial charge < -0.3 is 5.32 Å². The minimum atomic E-state index is 0.805. The van der Waals surface area contributed by atoms with Crippen LogP contribution in [0.15, 0.2) is 4.47 Å². The minimum Gasteiger partial charge on any atom is -0.316 e. The molecular formula is C15H25BrN4. The molecule has 20 heavy (non-hydrogen) atoms. The van der Waals surface area contributed by atoms with E-state index in [1.165, 1.54) is 55.5 Å². The first kappa shape index (κ1) is 14.5. The zero-order valence-corrected chi connectivity index (χ0v) is 14.1. The van der Waals surface area contributed by atoms with Crippen molar-refractivity contribution in [2.75, 3.05) is 19.6 Å². The normalized spacial score (nSPS) is 23.5. The van der Waals surface area contributed by atoms with Gasteiger partial charge in [0.05, 0.1) is 15.9 Å². The Balaban J connectivity index is 1.67. The molecule has 1 aromatic heterocycles. The van der Waals surface area contributed by atoms with E-state index in [0.717, 1.165) is 24.2 Å². The van der Waals surface area contributed by atoms with Gasteiger partial charge in [0.15, 0.2) is 0 Å². The molecule has 3 rings (SSSR count). The Morgan fingerprint density at radius 1 is 1.40 bits per heavy atom. The summed E-state index contributed by atoms with van der Waals surface area (Å²) in [7, 11) is 2.06. The third-order valence-corrected chi connectivity index (χ3v) is 5.60. The lowest BCUT2D eigenvalue weighted by molar-refractivity contribution is 0.188. The van der Waals surface area contributed by atoms with Crippen LogP contribution in [0.5, 0.6) is 0 Å². The Morgan fingerprint density at radius 2 is 2.20 bits per heavy atom. The highest BCUT2D eigenvalue weighted by atomic mass is 79.9. The van der Waals surface area contributed by atoms with E-state index in [-0.39, 0.29) is 0 Å². The lowest BCUT2D eigenvalue weighted by Crippen LogP contribution is -2.39. The van der Waals surface area contributed by atoms with Crippen LogP contribution in [-0.4, -0.2) is 40.4 Å². The maximum atomic E-state index is 4.52. The summed E-state index contributed by atoms with van der Waals surface area (Å²) in [6.07, 6.45) is 5.45. The van der Waals surface area contributed by atoms with Crippen LogP contribution in [0, 0.1) is 12.8 Å². The molecule has 1 aliphatic heterocycles. The van der Waals surface area contributed by atoms with Crippen LogP contribution in [0.1, 0.15) is 37.1 Å². The average Bonchev–Trinajstić information content (AvgIpc) is 3.24. The van der Waals surface area contributed by atoms with Gasteiger partial charge in [0.2, 0.25) is 0 Å². The van der Waals surface area contributed by atoms with Crippen molar-refractivity contribution in [3.63, 3.8) is 0 Å². The summed E-state index contributed by atoms with van der Waals surface area (Å²) in [6.45, 7) is 6.72. The van der Waals surface area contributed by atoms with Crippen molar-refractivity contribution < 1.29 is 0 Å². The molecule has 0 aromatic carbocycles. The van der Waals surface area contributed by atoms with Gasteiger partial charge in [0.25, 0.3) is 0 Å². The standard InChI is InChI=1S/C15H25BrN4/c1-11-15(16)14(19(2)18-11)10-20(13-5-6-13)9-12-4-3-7-17-8-12/h12-13,17H,3-10H2,1-2H3. The molecule has 1 saturated heterocycles. The molecule has 5 heteroatoms. The second-order valence-corrected chi connectivity index (χ2v) is 7.14. The SMILES string of the molecule is Cc1nn(C)c(CN(CC2CCCNC2)C2CC2)c1Br. The van der Waals surface area contributed by atoms with Crippen LogP contribution in [-0.2, 0) is 13.6 Å². The van der Waals surface area contributed by atoms with Crippen LogP contribution in [0.2, 0.25) is 0 Å². The van der Waals surface area contributed by atoms with Gasteiger partial charge in [-0.1, -0.05) is 0 Å². The number of aromatic nitrogens is 2. The number of rotatable bonds is 5. The summed E-state index contributed by atoms with van der Waals surface area (Å²) in [5.74, 6) is 0.817. The van der Waals surface area contributed by atoms with Gasteiger partial charge in [0, 0.05) is 26.2 Å². The van der Waals surface area contributed by atoms with Crippen molar-refractivity contribution in [1.82, 2.24) is 20.0 Å². The number of nitrogens with zero attached hydrogens (tertiary/aromatic N) is 3. The molecular weight excluding hydrogens is 316 g/mol. The third-order valence-electron chi connectivity index (χ3n) is 4.57. The largest absolute Gasteiger partial charge is 0.316 e. The fourth-order valence-electron chi connectivity index (χ4n) is 3.24. The molecule has 1 unspecified atom stereocenters. The van der Waals surface area contributed by atoms with Gasteiger partial charge >= 0.3 is 0 Å². The Hall–Kier alpha value is -0.390. The zero-order valence-electron chi connectivity index (χ0n) is 12.5. The smallest absolute Gasteiger partial charge is 0.0739 e. The molecule has 0 spiro atoms. The van der Waals surface area contributed by atoms with Crippen LogP contribution < -0.4 is 5.32 Å². The number of nitrogens with one attached hydrogen (secondary N) is 1. The van der Waals surface area contributed by atoms with Crippen molar-refractivity contribution in [2.24, 2.45) is 13.0 Å². The van der Waals surface area contributed by atoms with Crippen LogP contribution in [0.4, 0.5) is 0 Å². The van der Waals surface area contributed by atoms with E-state index in [1.54, 1.807) is 0 Å². The molecule has 2 fully saturated rings. The molecule has 4 nitrogen and oxygen atoms in total. The second-order valence-electron chi connectivity index (χ2n) is 6.34. The van der Waals surface area contributed by atoms with Gasteiger partial charge in [-0.2, -0.15) is 5.10 Å². The Labute approximate surface area is 130 Å². The van der Waals surface area contributed by atoms with E-state index in [1.807, 2.05) is 4.68 Å². The van der Waals surface area contributed by atoms with Gasteiger partial charge in [0.1, 0.15) is 0 Å². The first-order valence-corrected chi connectivity index (χ1v) is 8.57. The quantitative estimate of drug-likeness (QED) is 0.893.